The lowest BCUT2D eigenvalue weighted by molar-refractivity contribution is 1.04. The van der Waals surface area contributed by atoms with E-state index >= 15 is 0 Å². The van der Waals surface area contributed by atoms with Gasteiger partial charge in [-0.25, -0.2) is 4.99 Å². The first-order valence-corrected chi connectivity index (χ1v) is 2.53. The Morgan fingerprint density at radius 1 is 1.88 bits per heavy atom. The van der Waals surface area contributed by atoms with Crippen LogP contribution in [0.4, 0.5) is 0 Å². The standard InChI is InChI=1S/C5H7BN2/c6-4-1-2-8-5(7)3-4/h1-2,4H,3H2,(H2,7,8). The highest BCUT2D eigenvalue weighted by molar-refractivity contribution is 6.15. The summed E-state index contributed by atoms with van der Waals surface area (Å²) in [5.74, 6) is 0.701. The zero-order valence-electron chi connectivity index (χ0n) is 4.54. The minimum absolute atomic E-state index is 0.0764. The fourth-order valence-electron chi connectivity index (χ4n) is 0.612. The number of hydrogen-bond acceptors (Lipinski definition) is 2. The predicted octanol–water partition coefficient (Wildman–Crippen LogP) is 0.218. The Morgan fingerprint density at radius 3 is 3.00 bits per heavy atom. The zero-order valence-corrected chi connectivity index (χ0v) is 4.54. The molecule has 0 aromatic rings. The van der Waals surface area contributed by atoms with E-state index in [-0.39, 0.29) is 5.82 Å². The first kappa shape index (κ1) is 5.41. The van der Waals surface area contributed by atoms with Crippen LogP contribution in [0.3, 0.4) is 0 Å². The molecule has 0 bridgehead atoms. The smallest absolute Gasteiger partial charge is 0.0987 e. The highest BCUT2D eigenvalue weighted by atomic mass is 14.8. The second-order valence-corrected chi connectivity index (χ2v) is 1.83. The van der Waals surface area contributed by atoms with Gasteiger partial charge in [0.25, 0.3) is 0 Å². The quantitative estimate of drug-likeness (QED) is 0.440. The van der Waals surface area contributed by atoms with E-state index in [0.29, 0.717) is 12.3 Å². The Morgan fingerprint density at radius 2 is 2.62 bits per heavy atom. The Balaban J connectivity index is 2.59. The molecule has 1 atom stereocenters. The molecule has 0 saturated carbocycles. The molecule has 1 aliphatic rings. The summed E-state index contributed by atoms with van der Waals surface area (Å²) in [5, 5.41) is 0. The number of allylic oxidation sites excluding steroid dienone is 1. The number of nitrogens with zero attached hydrogens (tertiary/aromatic N) is 1. The van der Waals surface area contributed by atoms with Gasteiger partial charge in [0.15, 0.2) is 0 Å². The molecule has 0 spiro atoms. The topological polar surface area (TPSA) is 38.4 Å². The summed E-state index contributed by atoms with van der Waals surface area (Å²) in [5.41, 5.74) is 5.34. The van der Waals surface area contributed by atoms with E-state index in [1.54, 1.807) is 6.20 Å². The van der Waals surface area contributed by atoms with E-state index in [1.165, 1.54) is 0 Å². The maximum absolute atomic E-state index is 5.48. The highest BCUT2D eigenvalue weighted by Crippen LogP contribution is 2.10. The fraction of sp³-hybridized carbons (Fsp3) is 0.400. The largest absolute Gasteiger partial charge is 0.387 e. The fourth-order valence-corrected chi connectivity index (χ4v) is 0.612. The lowest BCUT2D eigenvalue weighted by Crippen LogP contribution is -2.15. The lowest BCUT2D eigenvalue weighted by Gasteiger charge is -2.07. The molecule has 1 heterocycles. The molecule has 0 saturated heterocycles. The lowest BCUT2D eigenvalue weighted by atomic mass is 9.83. The molecule has 2 radical (unpaired) electrons. The van der Waals surface area contributed by atoms with Crippen LogP contribution in [0.15, 0.2) is 17.3 Å². The molecule has 0 aromatic carbocycles. The molecule has 0 aliphatic carbocycles. The molecular formula is C5H7BN2. The van der Waals surface area contributed by atoms with Gasteiger partial charge in [-0.2, -0.15) is 0 Å². The maximum Gasteiger partial charge on any atom is 0.0987 e. The van der Waals surface area contributed by atoms with Gasteiger partial charge in [0.05, 0.1) is 13.7 Å². The number of aliphatic imine (C=N–C) groups is 1. The number of nitrogens with two attached hydrogens (primary N) is 1. The van der Waals surface area contributed by atoms with Gasteiger partial charge >= 0.3 is 0 Å². The molecule has 8 heavy (non-hydrogen) atoms. The summed E-state index contributed by atoms with van der Waals surface area (Å²) >= 11 is 0. The highest BCUT2D eigenvalue weighted by Gasteiger charge is 2.02. The van der Waals surface area contributed by atoms with E-state index < -0.39 is 0 Å². The molecule has 0 amide bonds. The van der Waals surface area contributed by atoms with Gasteiger partial charge in [0.2, 0.25) is 0 Å². The van der Waals surface area contributed by atoms with Crippen LogP contribution >= 0.6 is 0 Å². The first-order chi connectivity index (χ1) is 3.79. The molecule has 2 nitrogen and oxygen atoms in total. The van der Waals surface area contributed by atoms with Crippen molar-refractivity contribution in [2.24, 2.45) is 10.7 Å². The Kier molecular flexibility index (Phi) is 1.37. The van der Waals surface area contributed by atoms with Crippen LogP contribution in [0.5, 0.6) is 0 Å². The monoisotopic (exact) mass is 106 g/mol. The Bertz CT molecular complexity index is 139. The van der Waals surface area contributed by atoms with Crippen molar-refractivity contribution in [2.45, 2.75) is 12.2 Å². The van der Waals surface area contributed by atoms with E-state index in [0.717, 1.165) is 0 Å². The molecule has 0 fully saturated rings. The summed E-state index contributed by atoms with van der Waals surface area (Å²) in [7, 11) is 5.48. The summed E-state index contributed by atoms with van der Waals surface area (Å²) in [6, 6.07) is 0. The second kappa shape index (κ2) is 2.03. The van der Waals surface area contributed by atoms with Crippen LogP contribution in [0.25, 0.3) is 0 Å². The molecule has 1 unspecified atom stereocenters. The minimum atomic E-state index is 0.0764. The first-order valence-electron chi connectivity index (χ1n) is 2.53. The average molecular weight is 106 g/mol. The van der Waals surface area contributed by atoms with E-state index in [4.69, 9.17) is 13.6 Å². The average Bonchev–Trinajstić information content (AvgIpc) is 1.64. The summed E-state index contributed by atoms with van der Waals surface area (Å²) in [6.07, 6.45) is 4.16. The van der Waals surface area contributed by atoms with Crippen molar-refractivity contribution in [3.05, 3.63) is 12.3 Å². The summed E-state index contributed by atoms with van der Waals surface area (Å²) in [4.78, 5) is 3.81. The number of amidine groups is 1. The van der Waals surface area contributed by atoms with Gasteiger partial charge < -0.3 is 5.73 Å². The number of hydrogen-bond donors (Lipinski definition) is 1. The minimum Gasteiger partial charge on any atom is -0.387 e. The van der Waals surface area contributed by atoms with E-state index in [1.807, 2.05) is 6.08 Å². The van der Waals surface area contributed by atoms with Crippen LogP contribution in [0, 0.1) is 0 Å². The van der Waals surface area contributed by atoms with Crippen LogP contribution < -0.4 is 5.73 Å². The molecule has 1 rings (SSSR count). The van der Waals surface area contributed by atoms with Crippen LogP contribution in [-0.4, -0.2) is 13.7 Å². The summed E-state index contributed by atoms with van der Waals surface area (Å²) in [6.45, 7) is 0. The number of rotatable bonds is 0. The summed E-state index contributed by atoms with van der Waals surface area (Å²) < 4.78 is 0. The van der Waals surface area contributed by atoms with Gasteiger partial charge in [0, 0.05) is 12.6 Å². The van der Waals surface area contributed by atoms with Gasteiger partial charge in [0.1, 0.15) is 0 Å². The van der Waals surface area contributed by atoms with E-state index in [2.05, 4.69) is 4.99 Å². The van der Waals surface area contributed by atoms with Gasteiger partial charge in [-0.05, 0) is 0 Å². The van der Waals surface area contributed by atoms with Gasteiger partial charge in [-0.1, -0.05) is 11.9 Å². The normalized spacial score (nSPS) is 27.5. The van der Waals surface area contributed by atoms with Crippen molar-refractivity contribution in [3.63, 3.8) is 0 Å². The third kappa shape index (κ3) is 1.12. The van der Waals surface area contributed by atoms with Crippen molar-refractivity contribution < 1.29 is 0 Å². The maximum atomic E-state index is 5.48. The Hall–Kier alpha value is -0.725. The zero-order chi connectivity index (χ0) is 5.98. The van der Waals surface area contributed by atoms with Crippen molar-refractivity contribution >= 4 is 13.7 Å². The second-order valence-electron chi connectivity index (χ2n) is 1.83. The third-order valence-corrected chi connectivity index (χ3v) is 1.02. The van der Waals surface area contributed by atoms with Gasteiger partial charge in [-0.3, -0.25) is 0 Å². The third-order valence-electron chi connectivity index (χ3n) is 1.02. The molecule has 2 N–H and O–H groups in total. The molecule has 40 valence electrons. The SMILES string of the molecule is [B]C1C=CN=C(N)C1. The van der Waals surface area contributed by atoms with Crippen LogP contribution in [0.2, 0.25) is 5.82 Å². The molecular weight excluding hydrogens is 98.9 g/mol. The van der Waals surface area contributed by atoms with Gasteiger partial charge in [-0.15, -0.1) is 0 Å². The van der Waals surface area contributed by atoms with Crippen LogP contribution in [0.1, 0.15) is 6.42 Å². The van der Waals surface area contributed by atoms with Crippen LogP contribution in [-0.2, 0) is 0 Å². The van der Waals surface area contributed by atoms with Crippen molar-refractivity contribution in [2.75, 3.05) is 0 Å². The Labute approximate surface area is 49.9 Å². The van der Waals surface area contributed by atoms with Crippen molar-refractivity contribution in [1.82, 2.24) is 0 Å². The van der Waals surface area contributed by atoms with Crippen molar-refractivity contribution in [3.8, 4) is 0 Å². The van der Waals surface area contributed by atoms with Crippen molar-refractivity contribution in [1.29, 1.82) is 0 Å². The van der Waals surface area contributed by atoms with E-state index in [9.17, 15) is 0 Å². The molecule has 3 heteroatoms. The molecule has 1 aliphatic heterocycles. The predicted molar refractivity (Wildman–Crippen MR) is 34.9 cm³/mol. The molecule has 0 aromatic heterocycles.